The number of rotatable bonds is 5. The molecule has 0 bridgehead atoms. The molecule has 0 saturated carbocycles. The number of nitrogens with zero attached hydrogens (tertiary/aromatic N) is 1. The third-order valence-corrected chi connectivity index (χ3v) is 4.32. The van der Waals surface area contributed by atoms with Crippen molar-refractivity contribution in [1.82, 2.24) is 10.4 Å². The Kier molecular flexibility index (Phi) is 5.02. The molecule has 0 radical (unpaired) electrons. The number of carbonyl (C=O) groups excluding carboxylic acids is 1. The van der Waals surface area contributed by atoms with Crippen LogP contribution in [-0.2, 0) is 4.79 Å². The second-order valence-electron chi connectivity index (χ2n) is 5.84. The van der Waals surface area contributed by atoms with Gasteiger partial charge in [0.05, 0.1) is 27.0 Å². The predicted octanol–water partition coefficient (Wildman–Crippen LogP) is 3.16. The molecule has 1 atom stereocenters. The molecular formula is C20H22N2O4. The number of hydrogen-bond acceptors (Lipinski definition) is 5. The normalized spacial score (nSPS) is 15.9. The quantitative estimate of drug-likeness (QED) is 0.894. The van der Waals surface area contributed by atoms with Crippen LogP contribution in [0.4, 0.5) is 0 Å². The Morgan fingerprint density at radius 3 is 2.46 bits per heavy atom. The highest BCUT2D eigenvalue weighted by Gasteiger charge is 2.31. The molecule has 1 N–H and O–H groups in total. The first kappa shape index (κ1) is 17.7. The summed E-state index contributed by atoms with van der Waals surface area (Å²) >= 11 is 0. The number of nitrogens with one attached hydrogen (secondary N) is 1. The van der Waals surface area contributed by atoms with Gasteiger partial charge in [-0.3, -0.25) is 10.2 Å². The molecule has 0 aromatic heterocycles. The number of benzene rings is 2. The molecule has 1 aliphatic heterocycles. The van der Waals surface area contributed by atoms with Gasteiger partial charge < -0.3 is 14.2 Å². The van der Waals surface area contributed by atoms with E-state index >= 15 is 0 Å². The van der Waals surface area contributed by atoms with Crippen molar-refractivity contribution in [2.45, 2.75) is 13.0 Å². The highest BCUT2D eigenvalue weighted by atomic mass is 16.5. The van der Waals surface area contributed by atoms with Gasteiger partial charge in [0, 0.05) is 18.1 Å². The Morgan fingerprint density at radius 2 is 1.81 bits per heavy atom. The smallest absolute Gasteiger partial charge is 0.238 e. The van der Waals surface area contributed by atoms with Crippen LogP contribution in [0.2, 0.25) is 0 Å². The fourth-order valence-electron chi connectivity index (χ4n) is 3.07. The van der Waals surface area contributed by atoms with Gasteiger partial charge in [-0.15, -0.1) is 0 Å². The number of amides is 1. The summed E-state index contributed by atoms with van der Waals surface area (Å²) < 4.78 is 16.2. The molecule has 0 saturated heterocycles. The van der Waals surface area contributed by atoms with Crippen LogP contribution in [0, 0.1) is 0 Å². The second-order valence-corrected chi connectivity index (χ2v) is 5.84. The van der Waals surface area contributed by atoms with Crippen LogP contribution in [0.25, 0.3) is 5.70 Å². The van der Waals surface area contributed by atoms with Crippen molar-refractivity contribution >= 4 is 11.6 Å². The molecule has 26 heavy (non-hydrogen) atoms. The van der Waals surface area contributed by atoms with E-state index in [1.807, 2.05) is 48.5 Å². The second kappa shape index (κ2) is 7.39. The Balaban J connectivity index is 2.06. The minimum atomic E-state index is -0.321. The van der Waals surface area contributed by atoms with Gasteiger partial charge in [-0.05, 0) is 24.3 Å². The number of hydrogen-bond donors (Lipinski definition) is 1. The molecule has 3 rings (SSSR count). The van der Waals surface area contributed by atoms with Gasteiger partial charge in [0.15, 0.2) is 11.5 Å². The summed E-state index contributed by atoms with van der Waals surface area (Å²) in [7, 11) is 4.81. The number of ether oxygens (including phenoxy) is 3. The zero-order chi connectivity index (χ0) is 18.7. The Hall–Kier alpha value is -3.15. The lowest BCUT2D eigenvalue weighted by Crippen LogP contribution is -2.38. The SMILES string of the molecule is COc1cccc(C2=C[C@H](c3cccc(OC)c3OC)N(C(C)=O)N2)c1. The summed E-state index contributed by atoms with van der Waals surface area (Å²) in [6.07, 6.45) is 1.99. The van der Waals surface area contributed by atoms with Crippen LogP contribution >= 0.6 is 0 Å². The third kappa shape index (κ3) is 3.18. The maximum atomic E-state index is 12.2. The highest BCUT2D eigenvalue weighted by molar-refractivity contribution is 5.79. The summed E-state index contributed by atoms with van der Waals surface area (Å²) in [5, 5.41) is 1.58. The molecule has 0 spiro atoms. The lowest BCUT2D eigenvalue weighted by atomic mass is 10.0. The summed E-state index contributed by atoms with van der Waals surface area (Å²) in [5.74, 6) is 1.88. The highest BCUT2D eigenvalue weighted by Crippen LogP contribution is 2.40. The number of para-hydroxylation sites is 1. The molecule has 2 aromatic carbocycles. The van der Waals surface area contributed by atoms with E-state index in [2.05, 4.69) is 5.43 Å². The first-order valence-electron chi connectivity index (χ1n) is 8.22. The Morgan fingerprint density at radius 1 is 1.04 bits per heavy atom. The van der Waals surface area contributed by atoms with E-state index in [-0.39, 0.29) is 11.9 Å². The largest absolute Gasteiger partial charge is 0.497 e. The molecule has 6 heteroatoms. The van der Waals surface area contributed by atoms with Gasteiger partial charge in [0.25, 0.3) is 0 Å². The van der Waals surface area contributed by atoms with Crippen LogP contribution in [0.3, 0.4) is 0 Å². The summed E-state index contributed by atoms with van der Waals surface area (Å²) in [6.45, 7) is 1.52. The van der Waals surface area contributed by atoms with E-state index in [0.717, 1.165) is 22.6 Å². The molecule has 6 nitrogen and oxygen atoms in total. The zero-order valence-corrected chi connectivity index (χ0v) is 15.3. The topological polar surface area (TPSA) is 60.0 Å². The van der Waals surface area contributed by atoms with Crippen molar-refractivity contribution < 1.29 is 19.0 Å². The van der Waals surface area contributed by atoms with Crippen LogP contribution in [0.1, 0.15) is 24.1 Å². The van der Waals surface area contributed by atoms with Gasteiger partial charge in [-0.25, -0.2) is 5.01 Å². The van der Waals surface area contributed by atoms with Crippen LogP contribution in [-0.4, -0.2) is 32.2 Å². The molecular weight excluding hydrogens is 332 g/mol. The van der Waals surface area contributed by atoms with E-state index < -0.39 is 0 Å². The maximum absolute atomic E-state index is 12.2. The number of methoxy groups -OCH3 is 3. The molecule has 0 unspecified atom stereocenters. The van der Waals surface area contributed by atoms with Gasteiger partial charge in [0.2, 0.25) is 5.91 Å². The summed E-state index contributed by atoms with van der Waals surface area (Å²) in [6, 6.07) is 13.0. The van der Waals surface area contributed by atoms with Gasteiger partial charge in [0.1, 0.15) is 11.8 Å². The van der Waals surface area contributed by atoms with Crippen molar-refractivity contribution in [2.24, 2.45) is 0 Å². The average Bonchev–Trinajstić information content (AvgIpc) is 3.13. The molecule has 136 valence electrons. The first-order chi connectivity index (χ1) is 12.6. The first-order valence-corrected chi connectivity index (χ1v) is 8.22. The number of carbonyl (C=O) groups is 1. The molecule has 1 amide bonds. The van der Waals surface area contributed by atoms with E-state index in [4.69, 9.17) is 14.2 Å². The van der Waals surface area contributed by atoms with E-state index in [9.17, 15) is 4.79 Å². The number of hydrazine groups is 1. The van der Waals surface area contributed by atoms with Crippen molar-refractivity contribution in [1.29, 1.82) is 0 Å². The van der Waals surface area contributed by atoms with Gasteiger partial charge >= 0.3 is 0 Å². The van der Waals surface area contributed by atoms with Gasteiger partial charge in [-0.1, -0.05) is 24.3 Å². The van der Waals surface area contributed by atoms with Crippen molar-refractivity contribution in [2.75, 3.05) is 21.3 Å². The average molecular weight is 354 g/mol. The minimum Gasteiger partial charge on any atom is -0.497 e. The van der Waals surface area contributed by atoms with Crippen molar-refractivity contribution in [3.8, 4) is 17.2 Å². The summed E-state index contributed by atoms with van der Waals surface area (Å²) in [5.41, 5.74) is 5.79. The third-order valence-electron chi connectivity index (χ3n) is 4.32. The van der Waals surface area contributed by atoms with E-state index in [0.29, 0.717) is 11.5 Å². The summed E-state index contributed by atoms with van der Waals surface area (Å²) in [4.78, 5) is 12.2. The Bertz CT molecular complexity index is 847. The molecule has 1 heterocycles. The van der Waals surface area contributed by atoms with Crippen LogP contribution in [0.5, 0.6) is 17.2 Å². The molecule has 0 aliphatic carbocycles. The van der Waals surface area contributed by atoms with Crippen molar-refractivity contribution in [3.63, 3.8) is 0 Å². The fourth-order valence-corrected chi connectivity index (χ4v) is 3.07. The fraction of sp³-hybridized carbons (Fsp3) is 0.250. The van der Waals surface area contributed by atoms with Crippen molar-refractivity contribution in [3.05, 3.63) is 59.7 Å². The van der Waals surface area contributed by atoms with E-state index in [1.54, 1.807) is 26.3 Å². The zero-order valence-electron chi connectivity index (χ0n) is 15.3. The lowest BCUT2D eigenvalue weighted by molar-refractivity contribution is -0.132. The minimum absolute atomic E-state index is 0.103. The molecule has 2 aromatic rings. The van der Waals surface area contributed by atoms with Crippen LogP contribution < -0.4 is 19.6 Å². The van der Waals surface area contributed by atoms with Crippen LogP contribution in [0.15, 0.2) is 48.5 Å². The molecule has 1 aliphatic rings. The van der Waals surface area contributed by atoms with E-state index in [1.165, 1.54) is 6.92 Å². The van der Waals surface area contributed by atoms with Gasteiger partial charge in [-0.2, -0.15) is 0 Å². The lowest BCUT2D eigenvalue weighted by Gasteiger charge is -2.25. The predicted molar refractivity (Wildman–Crippen MR) is 98.9 cm³/mol. The Labute approximate surface area is 152 Å². The maximum Gasteiger partial charge on any atom is 0.238 e. The molecule has 0 fully saturated rings. The standard InChI is InChI=1S/C20H22N2O4/c1-13(23)22-18(16-9-6-10-19(25-3)20(16)26-4)12-17(21-22)14-7-5-8-15(11-14)24-2/h5-12,18,21H,1-4H3/t18-/m1/s1. The monoisotopic (exact) mass is 354 g/mol.